The summed E-state index contributed by atoms with van der Waals surface area (Å²) in [5.41, 5.74) is 1.96. The topological polar surface area (TPSA) is 76.1 Å². The van der Waals surface area contributed by atoms with E-state index in [-0.39, 0.29) is 24.0 Å². The maximum atomic E-state index is 13.6. The minimum atomic E-state index is -0.824. The van der Waals surface area contributed by atoms with Crippen LogP contribution in [0.5, 0.6) is 11.5 Å². The van der Waals surface area contributed by atoms with Gasteiger partial charge in [0.05, 0.1) is 31.4 Å². The van der Waals surface area contributed by atoms with Crippen molar-refractivity contribution >= 4 is 28.2 Å². The van der Waals surface area contributed by atoms with Gasteiger partial charge in [0.2, 0.25) is 0 Å². The molecule has 38 heavy (non-hydrogen) atoms. The van der Waals surface area contributed by atoms with Crippen molar-refractivity contribution in [3.63, 3.8) is 0 Å². The van der Waals surface area contributed by atoms with Gasteiger partial charge in [0.25, 0.3) is 11.7 Å². The van der Waals surface area contributed by atoms with Crippen LogP contribution in [0.15, 0.2) is 96.6 Å². The van der Waals surface area contributed by atoms with E-state index in [1.54, 1.807) is 13.2 Å². The number of likely N-dealkylation sites (tertiary alicyclic amines) is 1. The zero-order valence-corrected chi connectivity index (χ0v) is 21.5. The van der Waals surface area contributed by atoms with Crippen LogP contribution < -0.4 is 9.47 Å². The fourth-order valence-electron chi connectivity index (χ4n) is 5.01. The van der Waals surface area contributed by atoms with Gasteiger partial charge in [-0.25, -0.2) is 0 Å². The predicted octanol–water partition coefficient (Wildman–Crippen LogP) is 6.26. The molecule has 1 aliphatic heterocycles. The number of Topliss-reactive ketones (excluding diaryl/α,β-unsaturated/α-hetero) is 1. The lowest BCUT2D eigenvalue weighted by Crippen LogP contribution is -2.29. The van der Waals surface area contributed by atoms with E-state index in [0.29, 0.717) is 22.6 Å². The molecule has 1 amide bonds. The molecule has 0 bridgehead atoms. The number of carbonyl (C=O) groups excluding carboxylic acids is 2. The van der Waals surface area contributed by atoms with Gasteiger partial charge in [0.15, 0.2) is 0 Å². The van der Waals surface area contributed by atoms with Crippen molar-refractivity contribution in [2.75, 3.05) is 7.11 Å². The van der Waals surface area contributed by atoms with Gasteiger partial charge in [-0.1, -0.05) is 72.8 Å². The Labute approximate surface area is 221 Å². The van der Waals surface area contributed by atoms with Gasteiger partial charge >= 0.3 is 0 Å². The third-order valence-electron chi connectivity index (χ3n) is 6.66. The number of benzene rings is 4. The highest BCUT2D eigenvalue weighted by Crippen LogP contribution is 2.42. The summed E-state index contributed by atoms with van der Waals surface area (Å²) >= 11 is 0. The summed E-state index contributed by atoms with van der Waals surface area (Å²) < 4.78 is 11.4. The lowest BCUT2D eigenvalue weighted by Gasteiger charge is -2.26. The maximum absolute atomic E-state index is 13.6. The molecule has 6 nitrogen and oxygen atoms in total. The molecule has 1 saturated heterocycles. The van der Waals surface area contributed by atoms with Crippen molar-refractivity contribution in [1.82, 2.24) is 4.90 Å². The zero-order valence-electron chi connectivity index (χ0n) is 21.5. The summed E-state index contributed by atoms with van der Waals surface area (Å²) in [6.07, 6.45) is -0.0547. The van der Waals surface area contributed by atoms with E-state index in [1.165, 1.54) is 4.90 Å². The Morgan fingerprint density at radius 2 is 1.63 bits per heavy atom. The van der Waals surface area contributed by atoms with Crippen LogP contribution in [-0.2, 0) is 16.1 Å². The number of rotatable bonds is 7. The van der Waals surface area contributed by atoms with Gasteiger partial charge in [0.1, 0.15) is 17.3 Å². The molecular weight excluding hydrogens is 478 g/mol. The molecule has 0 aromatic heterocycles. The van der Waals surface area contributed by atoms with Gasteiger partial charge in [-0.2, -0.15) is 0 Å². The van der Waals surface area contributed by atoms with Crippen LogP contribution in [0.3, 0.4) is 0 Å². The number of ether oxygens (including phenoxy) is 2. The average Bonchev–Trinajstić information content (AvgIpc) is 3.17. The van der Waals surface area contributed by atoms with Crippen LogP contribution in [0, 0.1) is 0 Å². The quantitative estimate of drug-likeness (QED) is 0.182. The summed E-state index contributed by atoms with van der Waals surface area (Å²) in [5.74, 6) is -0.393. The molecule has 1 aliphatic rings. The summed E-state index contributed by atoms with van der Waals surface area (Å²) in [6.45, 7) is 3.99. The molecule has 1 fully saturated rings. The number of methoxy groups -OCH3 is 1. The van der Waals surface area contributed by atoms with E-state index < -0.39 is 17.7 Å². The Morgan fingerprint density at radius 3 is 2.42 bits per heavy atom. The number of aliphatic hydroxyl groups is 1. The molecule has 192 valence electrons. The second kappa shape index (κ2) is 10.4. The molecular formula is C32H29NO5. The zero-order chi connectivity index (χ0) is 26.8. The Bertz CT molecular complexity index is 1550. The number of carbonyl (C=O) groups is 2. The van der Waals surface area contributed by atoms with Crippen LogP contribution in [0.1, 0.15) is 36.6 Å². The minimum absolute atomic E-state index is 0.0444. The molecule has 0 radical (unpaired) electrons. The van der Waals surface area contributed by atoms with Crippen LogP contribution in [0.4, 0.5) is 0 Å². The van der Waals surface area contributed by atoms with Crippen LogP contribution in [0.25, 0.3) is 16.5 Å². The standard InChI is InChI=1S/C32H29NO5/c1-20(2)38-24-14-8-13-22(18-24)29-28(30(34)26-16-9-12-21-10-4-6-15-25(21)26)31(35)32(36)33(29)19-23-11-5-7-17-27(23)37-3/h4-18,20,29,34H,19H2,1-3H3/b30-28-. The molecule has 6 heteroatoms. The predicted molar refractivity (Wildman–Crippen MR) is 147 cm³/mol. The highest BCUT2D eigenvalue weighted by molar-refractivity contribution is 6.46. The van der Waals surface area contributed by atoms with E-state index in [1.807, 2.05) is 98.8 Å². The normalized spacial score (nSPS) is 16.8. The number of amides is 1. The van der Waals surface area contributed by atoms with E-state index in [4.69, 9.17) is 9.47 Å². The van der Waals surface area contributed by atoms with Gasteiger partial charge in [0, 0.05) is 11.1 Å². The molecule has 0 saturated carbocycles. The van der Waals surface area contributed by atoms with Crippen molar-refractivity contribution < 1.29 is 24.2 Å². The van der Waals surface area contributed by atoms with Crippen LogP contribution in [-0.4, -0.2) is 34.9 Å². The van der Waals surface area contributed by atoms with E-state index >= 15 is 0 Å². The van der Waals surface area contributed by atoms with Gasteiger partial charge in [-0.15, -0.1) is 0 Å². The Balaban J connectivity index is 1.71. The number of para-hydroxylation sites is 1. The third kappa shape index (κ3) is 4.61. The number of fused-ring (bicyclic) bond motifs is 1. The van der Waals surface area contributed by atoms with Crippen LogP contribution in [0.2, 0.25) is 0 Å². The van der Waals surface area contributed by atoms with Crippen molar-refractivity contribution in [1.29, 1.82) is 0 Å². The lowest BCUT2D eigenvalue weighted by atomic mass is 9.93. The van der Waals surface area contributed by atoms with Gasteiger partial charge in [-0.3, -0.25) is 9.59 Å². The Morgan fingerprint density at radius 1 is 0.921 bits per heavy atom. The van der Waals surface area contributed by atoms with Crippen molar-refractivity contribution in [2.45, 2.75) is 32.5 Å². The van der Waals surface area contributed by atoms with Crippen molar-refractivity contribution in [3.8, 4) is 11.5 Å². The first-order chi connectivity index (χ1) is 18.4. The van der Waals surface area contributed by atoms with E-state index in [0.717, 1.165) is 16.3 Å². The molecule has 4 aromatic rings. The molecule has 0 spiro atoms. The van der Waals surface area contributed by atoms with Crippen molar-refractivity contribution in [2.24, 2.45) is 0 Å². The monoisotopic (exact) mass is 507 g/mol. The summed E-state index contributed by atoms with van der Waals surface area (Å²) in [5, 5.41) is 13.4. The fraction of sp³-hybridized carbons (Fsp3) is 0.188. The maximum Gasteiger partial charge on any atom is 0.295 e. The summed E-state index contributed by atoms with van der Waals surface area (Å²) in [7, 11) is 1.57. The molecule has 0 aliphatic carbocycles. The van der Waals surface area contributed by atoms with E-state index in [9.17, 15) is 14.7 Å². The summed E-state index contributed by atoms with van der Waals surface area (Å²) in [4.78, 5) is 28.6. The first kappa shape index (κ1) is 25.1. The molecule has 1 heterocycles. The number of ketones is 1. The third-order valence-corrected chi connectivity index (χ3v) is 6.66. The van der Waals surface area contributed by atoms with Crippen LogP contribution >= 0.6 is 0 Å². The largest absolute Gasteiger partial charge is 0.507 e. The first-order valence-electron chi connectivity index (χ1n) is 12.5. The number of aliphatic hydroxyl groups excluding tert-OH is 1. The Hall–Kier alpha value is -4.58. The smallest absolute Gasteiger partial charge is 0.295 e. The number of nitrogens with zero attached hydrogens (tertiary/aromatic N) is 1. The molecule has 1 N–H and O–H groups in total. The van der Waals surface area contributed by atoms with Crippen molar-refractivity contribution in [3.05, 3.63) is 113 Å². The van der Waals surface area contributed by atoms with E-state index in [2.05, 4.69) is 0 Å². The second-order valence-corrected chi connectivity index (χ2v) is 9.50. The first-order valence-corrected chi connectivity index (χ1v) is 12.5. The number of hydrogen-bond acceptors (Lipinski definition) is 5. The highest BCUT2D eigenvalue weighted by atomic mass is 16.5. The lowest BCUT2D eigenvalue weighted by molar-refractivity contribution is -0.140. The molecule has 5 rings (SSSR count). The molecule has 1 atom stereocenters. The molecule has 4 aromatic carbocycles. The SMILES string of the molecule is COc1ccccc1CN1C(=O)C(=O)/C(=C(\O)c2cccc3ccccc23)C1c1cccc(OC(C)C)c1. The summed E-state index contributed by atoms with van der Waals surface area (Å²) in [6, 6.07) is 27.0. The fourth-order valence-corrected chi connectivity index (χ4v) is 5.01. The van der Waals surface area contributed by atoms with Gasteiger partial charge in [-0.05, 0) is 48.4 Å². The molecule has 1 unspecified atom stereocenters. The minimum Gasteiger partial charge on any atom is -0.507 e. The van der Waals surface area contributed by atoms with Gasteiger partial charge < -0.3 is 19.5 Å². The number of hydrogen-bond donors (Lipinski definition) is 1. The Kier molecular flexibility index (Phi) is 6.88. The average molecular weight is 508 g/mol. The highest BCUT2D eigenvalue weighted by Gasteiger charge is 2.46. The second-order valence-electron chi connectivity index (χ2n) is 9.50.